The standard InChI is InChI=1S/C12H17N5O/c13-7-9-8-16-11(17-10(9)14)15-6-5-12(18)3-1-2-4-12/h8,18H,1-6H2,(H3,14,15,16,17). The van der Waals surface area contributed by atoms with Crippen molar-refractivity contribution in [2.24, 2.45) is 0 Å². The highest BCUT2D eigenvalue weighted by atomic mass is 16.3. The third-order valence-corrected chi connectivity index (χ3v) is 3.35. The SMILES string of the molecule is N#Cc1cnc(NCCC2(O)CCCC2)nc1N. The van der Waals surface area contributed by atoms with Crippen LogP contribution in [0.15, 0.2) is 6.20 Å². The molecule has 0 amide bonds. The number of aromatic nitrogens is 2. The average Bonchev–Trinajstić information content (AvgIpc) is 2.77. The number of rotatable bonds is 4. The molecular formula is C12H17N5O. The van der Waals surface area contributed by atoms with E-state index in [-0.39, 0.29) is 11.4 Å². The van der Waals surface area contributed by atoms with Gasteiger partial charge in [-0.2, -0.15) is 10.2 Å². The Morgan fingerprint density at radius 3 is 2.83 bits per heavy atom. The minimum atomic E-state index is -0.537. The normalized spacial score (nSPS) is 17.3. The second-order valence-corrected chi connectivity index (χ2v) is 4.71. The molecule has 0 aliphatic heterocycles. The van der Waals surface area contributed by atoms with Crippen LogP contribution in [0.2, 0.25) is 0 Å². The first-order valence-corrected chi connectivity index (χ1v) is 6.12. The van der Waals surface area contributed by atoms with Gasteiger partial charge in [0, 0.05) is 6.54 Å². The van der Waals surface area contributed by atoms with Gasteiger partial charge in [-0.05, 0) is 19.3 Å². The Balaban J connectivity index is 1.87. The first-order valence-electron chi connectivity index (χ1n) is 6.12. The summed E-state index contributed by atoms with van der Waals surface area (Å²) >= 11 is 0. The summed E-state index contributed by atoms with van der Waals surface area (Å²) in [4.78, 5) is 7.97. The fraction of sp³-hybridized carbons (Fsp3) is 0.583. The molecule has 1 aliphatic carbocycles. The Morgan fingerprint density at radius 1 is 1.50 bits per heavy atom. The molecule has 96 valence electrons. The van der Waals surface area contributed by atoms with Crippen molar-refractivity contribution in [3.63, 3.8) is 0 Å². The average molecular weight is 247 g/mol. The second kappa shape index (κ2) is 5.19. The first-order chi connectivity index (χ1) is 8.63. The smallest absolute Gasteiger partial charge is 0.224 e. The third kappa shape index (κ3) is 2.87. The Labute approximate surface area is 106 Å². The molecule has 0 radical (unpaired) electrons. The molecule has 1 aliphatic rings. The molecule has 0 aromatic carbocycles. The molecular weight excluding hydrogens is 230 g/mol. The lowest BCUT2D eigenvalue weighted by Crippen LogP contribution is -2.27. The van der Waals surface area contributed by atoms with Crippen LogP contribution in [0.25, 0.3) is 0 Å². The summed E-state index contributed by atoms with van der Waals surface area (Å²) in [6.45, 7) is 0.599. The molecule has 18 heavy (non-hydrogen) atoms. The van der Waals surface area contributed by atoms with E-state index in [9.17, 15) is 5.11 Å². The van der Waals surface area contributed by atoms with Gasteiger partial charge in [-0.25, -0.2) is 4.98 Å². The maximum atomic E-state index is 10.2. The highest BCUT2D eigenvalue weighted by Crippen LogP contribution is 2.32. The largest absolute Gasteiger partial charge is 0.390 e. The molecule has 6 heteroatoms. The van der Waals surface area contributed by atoms with Crippen LogP contribution < -0.4 is 11.1 Å². The van der Waals surface area contributed by atoms with Crippen LogP contribution in [0.5, 0.6) is 0 Å². The van der Waals surface area contributed by atoms with Gasteiger partial charge in [-0.15, -0.1) is 0 Å². The monoisotopic (exact) mass is 247 g/mol. The lowest BCUT2D eigenvalue weighted by Gasteiger charge is -2.21. The van der Waals surface area contributed by atoms with E-state index in [2.05, 4.69) is 15.3 Å². The molecule has 0 unspecified atom stereocenters. The predicted octanol–water partition coefficient (Wildman–Crippen LogP) is 1.04. The van der Waals surface area contributed by atoms with Gasteiger partial charge in [0.05, 0.1) is 11.8 Å². The van der Waals surface area contributed by atoms with Gasteiger partial charge >= 0.3 is 0 Å². The molecule has 1 saturated carbocycles. The summed E-state index contributed by atoms with van der Waals surface area (Å²) in [5.74, 6) is 0.572. The third-order valence-electron chi connectivity index (χ3n) is 3.35. The quantitative estimate of drug-likeness (QED) is 0.733. The second-order valence-electron chi connectivity index (χ2n) is 4.71. The summed E-state index contributed by atoms with van der Waals surface area (Å²) < 4.78 is 0. The van der Waals surface area contributed by atoms with Crippen molar-refractivity contribution in [2.75, 3.05) is 17.6 Å². The number of nitriles is 1. The zero-order valence-electron chi connectivity index (χ0n) is 10.2. The van der Waals surface area contributed by atoms with E-state index < -0.39 is 5.60 Å². The van der Waals surface area contributed by atoms with E-state index in [0.717, 1.165) is 25.7 Å². The van der Waals surface area contributed by atoms with Crippen molar-refractivity contribution < 1.29 is 5.11 Å². The molecule has 1 heterocycles. The number of nitrogens with two attached hydrogens (primary N) is 1. The minimum Gasteiger partial charge on any atom is -0.390 e. The molecule has 2 rings (SSSR count). The molecule has 1 fully saturated rings. The lowest BCUT2D eigenvalue weighted by molar-refractivity contribution is 0.0424. The highest BCUT2D eigenvalue weighted by Gasteiger charge is 2.30. The van der Waals surface area contributed by atoms with Crippen molar-refractivity contribution in [2.45, 2.75) is 37.7 Å². The Bertz CT molecular complexity index is 462. The number of aliphatic hydroxyl groups is 1. The predicted molar refractivity (Wildman–Crippen MR) is 67.7 cm³/mol. The first kappa shape index (κ1) is 12.6. The molecule has 0 atom stereocenters. The number of nitrogen functional groups attached to an aromatic ring is 1. The Morgan fingerprint density at radius 2 is 2.22 bits per heavy atom. The van der Waals surface area contributed by atoms with Crippen LogP contribution in [0.4, 0.5) is 11.8 Å². The molecule has 0 bridgehead atoms. The maximum Gasteiger partial charge on any atom is 0.224 e. The van der Waals surface area contributed by atoms with Gasteiger partial charge in [-0.3, -0.25) is 0 Å². The van der Waals surface area contributed by atoms with Crippen LogP contribution in [0.1, 0.15) is 37.7 Å². The topological polar surface area (TPSA) is 108 Å². The molecule has 4 N–H and O–H groups in total. The molecule has 1 aromatic rings. The summed E-state index contributed by atoms with van der Waals surface area (Å²) in [6.07, 6.45) is 5.99. The van der Waals surface area contributed by atoms with E-state index in [0.29, 0.717) is 18.9 Å². The van der Waals surface area contributed by atoms with Crippen LogP contribution in [-0.4, -0.2) is 27.2 Å². The van der Waals surface area contributed by atoms with Gasteiger partial charge in [0.15, 0.2) is 0 Å². The maximum absolute atomic E-state index is 10.2. The van der Waals surface area contributed by atoms with Gasteiger partial charge in [0.2, 0.25) is 5.95 Å². The highest BCUT2D eigenvalue weighted by molar-refractivity contribution is 5.49. The Kier molecular flexibility index (Phi) is 3.63. The fourth-order valence-electron chi connectivity index (χ4n) is 2.26. The molecule has 6 nitrogen and oxygen atoms in total. The van der Waals surface area contributed by atoms with Crippen LogP contribution in [-0.2, 0) is 0 Å². The number of nitrogens with zero attached hydrogens (tertiary/aromatic N) is 3. The van der Waals surface area contributed by atoms with Crippen molar-refractivity contribution >= 4 is 11.8 Å². The Hall–Kier alpha value is -1.87. The van der Waals surface area contributed by atoms with Crippen molar-refractivity contribution in [3.05, 3.63) is 11.8 Å². The van der Waals surface area contributed by atoms with Crippen LogP contribution in [0, 0.1) is 11.3 Å². The minimum absolute atomic E-state index is 0.176. The van der Waals surface area contributed by atoms with Crippen molar-refractivity contribution in [1.82, 2.24) is 9.97 Å². The van der Waals surface area contributed by atoms with Gasteiger partial charge in [-0.1, -0.05) is 12.8 Å². The molecule has 0 saturated heterocycles. The summed E-state index contributed by atoms with van der Waals surface area (Å²) in [6, 6.07) is 1.91. The fourth-order valence-corrected chi connectivity index (χ4v) is 2.26. The molecule has 1 aromatic heterocycles. The van der Waals surface area contributed by atoms with Gasteiger partial charge in [0.1, 0.15) is 17.5 Å². The number of hydrogen-bond donors (Lipinski definition) is 3. The summed E-state index contributed by atoms with van der Waals surface area (Å²) in [5.41, 5.74) is 5.33. The van der Waals surface area contributed by atoms with Crippen LogP contribution in [0.3, 0.4) is 0 Å². The van der Waals surface area contributed by atoms with E-state index in [1.165, 1.54) is 6.20 Å². The number of anilines is 2. The van der Waals surface area contributed by atoms with E-state index in [1.807, 2.05) is 6.07 Å². The molecule has 0 spiro atoms. The number of nitrogens with one attached hydrogen (secondary N) is 1. The summed E-state index contributed by atoms with van der Waals surface area (Å²) in [5, 5.41) is 21.9. The number of hydrogen-bond acceptors (Lipinski definition) is 6. The van der Waals surface area contributed by atoms with Crippen molar-refractivity contribution in [1.29, 1.82) is 5.26 Å². The van der Waals surface area contributed by atoms with Gasteiger partial charge < -0.3 is 16.2 Å². The van der Waals surface area contributed by atoms with Crippen LogP contribution >= 0.6 is 0 Å². The van der Waals surface area contributed by atoms with Crippen molar-refractivity contribution in [3.8, 4) is 6.07 Å². The van der Waals surface area contributed by atoms with Gasteiger partial charge in [0.25, 0.3) is 0 Å². The van der Waals surface area contributed by atoms with E-state index in [1.54, 1.807) is 0 Å². The zero-order valence-corrected chi connectivity index (χ0v) is 10.2. The summed E-state index contributed by atoms with van der Waals surface area (Å²) in [7, 11) is 0. The van der Waals surface area contributed by atoms with E-state index >= 15 is 0 Å². The lowest BCUT2D eigenvalue weighted by atomic mass is 9.98. The van der Waals surface area contributed by atoms with E-state index in [4.69, 9.17) is 11.0 Å². The zero-order chi connectivity index (χ0) is 13.0.